The number of rotatable bonds is 1. The molecule has 0 N–H and O–H groups in total. The fraction of sp³-hybridized carbons (Fsp3) is 0.375. The molecule has 0 radical (unpaired) electrons. The Morgan fingerprint density at radius 3 is 2.33 bits per heavy atom. The molecule has 1 rings (SSSR count). The monoisotopic (exact) mass is 296 g/mol. The van der Waals surface area contributed by atoms with Crippen molar-refractivity contribution in [3.05, 3.63) is 18.9 Å². The van der Waals surface area contributed by atoms with Crippen molar-refractivity contribution in [2.45, 2.75) is 13.8 Å². The van der Waals surface area contributed by atoms with E-state index in [2.05, 4.69) is 27.3 Å². The van der Waals surface area contributed by atoms with Gasteiger partial charge >= 0.3 is 5.97 Å². The zero-order valence-electron chi connectivity index (χ0n) is 7.10. The average molecular weight is 296 g/mol. The van der Waals surface area contributed by atoms with Crippen LogP contribution in [0.1, 0.15) is 20.8 Å². The lowest BCUT2D eigenvalue weighted by Crippen LogP contribution is -1.99. The van der Waals surface area contributed by atoms with Gasteiger partial charge in [-0.3, -0.25) is 0 Å². The molecular weight excluding hydrogens is 287 g/mol. The van der Waals surface area contributed by atoms with Gasteiger partial charge in [-0.1, -0.05) is 0 Å². The third kappa shape index (κ3) is 1.64. The van der Waals surface area contributed by atoms with Gasteiger partial charge in [-0.05, 0) is 47.6 Å². The van der Waals surface area contributed by atoms with E-state index in [9.17, 15) is 4.79 Å². The predicted molar refractivity (Wildman–Crippen MR) is 57.8 cm³/mol. The highest BCUT2D eigenvalue weighted by Gasteiger charge is 2.16. The summed E-state index contributed by atoms with van der Waals surface area (Å²) in [4.78, 5) is 11.9. The Labute approximate surface area is 89.1 Å². The molecule has 0 atom stereocenters. The third-order valence-electron chi connectivity index (χ3n) is 1.76. The topological polar surface area (TPSA) is 26.3 Å². The number of methoxy groups -OCH3 is 1. The van der Waals surface area contributed by atoms with E-state index in [1.54, 1.807) is 0 Å². The first-order chi connectivity index (χ1) is 5.57. The minimum Gasteiger partial charge on any atom is -0.465 e. The van der Waals surface area contributed by atoms with Crippen molar-refractivity contribution in [1.29, 1.82) is 0 Å². The second-order valence-electron chi connectivity index (χ2n) is 2.45. The first kappa shape index (κ1) is 9.98. The van der Waals surface area contributed by atoms with Gasteiger partial charge in [0.25, 0.3) is 0 Å². The van der Waals surface area contributed by atoms with Gasteiger partial charge in [0.1, 0.15) is 4.88 Å². The van der Waals surface area contributed by atoms with Gasteiger partial charge in [0, 0.05) is 0 Å². The summed E-state index contributed by atoms with van der Waals surface area (Å²) in [5, 5.41) is 0. The van der Waals surface area contributed by atoms with Crippen LogP contribution in [0.2, 0.25) is 0 Å². The number of esters is 1. The van der Waals surface area contributed by atoms with Crippen molar-refractivity contribution in [3.63, 3.8) is 0 Å². The van der Waals surface area contributed by atoms with Crippen molar-refractivity contribution in [2.75, 3.05) is 7.11 Å². The Bertz CT molecular complexity index is 317. The molecule has 0 bridgehead atoms. The molecule has 12 heavy (non-hydrogen) atoms. The number of hydrogen-bond acceptors (Lipinski definition) is 3. The minimum absolute atomic E-state index is 0.233. The van der Waals surface area contributed by atoms with Crippen LogP contribution in [0, 0.1) is 16.7 Å². The van der Waals surface area contributed by atoms with Crippen molar-refractivity contribution in [3.8, 4) is 0 Å². The molecule has 0 aliphatic rings. The Balaban J connectivity index is 3.17. The second-order valence-corrected chi connectivity index (χ2v) is 5.28. The van der Waals surface area contributed by atoms with Crippen molar-refractivity contribution < 1.29 is 9.53 Å². The van der Waals surface area contributed by atoms with E-state index >= 15 is 0 Å². The zero-order chi connectivity index (χ0) is 9.30. The lowest BCUT2D eigenvalue weighted by molar-refractivity contribution is 0.0605. The van der Waals surface area contributed by atoms with E-state index < -0.39 is 0 Å². The van der Waals surface area contributed by atoms with Crippen LogP contribution in [-0.2, 0) is 4.74 Å². The van der Waals surface area contributed by atoms with Crippen LogP contribution in [0.15, 0.2) is 0 Å². The van der Waals surface area contributed by atoms with Crippen molar-refractivity contribution in [2.24, 2.45) is 0 Å². The number of hydrogen-bond donors (Lipinski definition) is 0. The van der Waals surface area contributed by atoms with Gasteiger partial charge in [-0.2, -0.15) is 0 Å². The summed E-state index contributed by atoms with van der Waals surface area (Å²) >= 11 is 3.72. The maximum atomic E-state index is 11.2. The van der Waals surface area contributed by atoms with Crippen LogP contribution in [0.5, 0.6) is 0 Å². The fourth-order valence-corrected chi connectivity index (χ4v) is 2.87. The highest BCUT2D eigenvalue weighted by atomic mass is 127. The number of halogens is 1. The van der Waals surface area contributed by atoms with Gasteiger partial charge in [0.15, 0.2) is 0 Å². The summed E-state index contributed by atoms with van der Waals surface area (Å²) in [5.74, 6) is -0.233. The molecular formula is C8H9IO2S. The van der Waals surface area contributed by atoms with Gasteiger partial charge in [0.05, 0.1) is 9.99 Å². The Hall–Kier alpha value is -0.100. The van der Waals surface area contributed by atoms with E-state index in [0.717, 1.165) is 13.3 Å². The van der Waals surface area contributed by atoms with Crippen LogP contribution in [0.4, 0.5) is 0 Å². The average Bonchev–Trinajstić information content (AvgIpc) is 2.32. The Morgan fingerprint density at radius 2 is 2.00 bits per heavy atom. The standard InChI is InChI=1S/C8H9IO2S/c1-4-5(2)7(9)12-6(4)8(10)11-3/h1-3H3. The largest absolute Gasteiger partial charge is 0.465 e. The highest BCUT2D eigenvalue weighted by molar-refractivity contribution is 14.1. The quantitative estimate of drug-likeness (QED) is 0.588. The molecule has 1 aromatic heterocycles. The Morgan fingerprint density at radius 1 is 1.42 bits per heavy atom. The molecule has 0 aliphatic heterocycles. The van der Waals surface area contributed by atoms with Crippen LogP contribution >= 0.6 is 33.9 Å². The lowest BCUT2D eigenvalue weighted by atomic mass is 10.2. The van der Waals surface area contributed by atoms with Crippen LogP contribution < -0.4 is 0 Å². The van der Waals surface area contributed by atoms with E-state index in [1.165, 1.54) is 24.0 Å². The normalized spacial score (nSPS) is 10.0. The number of carbonyl (C=O) groups excluding carboxylic acids is 1. The van der Waals surface area contributed by atoms with Gasteiger partial charge in [0.2, 0.25) is 0 Å². The molecule has 0 saturated heterocycles. The molecule has 0 aromatic carbocycles. The first-order valence-electron chi connectivity index (χ1n) is 3.41. The smallest absolute Gasteiger partial charge is 0.348 e. The molecule has 66 valence electrons. The fourth-order valence-electron chi connectivity index (χ4n) is 0.848. The molecule has 0 aliphatic carbocycles. The predicted octanol–water partition coefficient (Wildman–Crippen LogP) is 2.76. The van der Waals surface area contributed by atoms with Crippen LogP contribution in [0.25, 0.3) is 0 Å². The van der Waals surface area contributed by atoms with Crippen molar-refractivity contribution >= 4 is 39.9 Å². The number of ether oxygens (including phenoxy) is 1. The maximum Gasteiger partial charge on any atom is 0.348 e. The van der Waals surface area contributed by atoms with E-state index in [1.807, 2.05) is 13.8 Å². The molecule has 0 unspecified atom stereocenters. The van der Waals surface area contributed by atoms with Gasteiger partial charge < -0.3 is 4.74 Å². The lowest BCUT2D eigenvalue weighted by Gasteiger charge is -1.95. The molecule has 0 spiro atoms. The molecule has 0 fully saturated rings. The van der Waals surface area contributed by atoms with Crippen molar-refractivity contribution in [1.82, 2.24) is 0 Å². The van der Waals surface area contributed by atoms with E-state index in [-0.39, 0.29) is 5.97 Å². The van der Waals surface area contributed by atoms with Gasteiger partial charge in [-0.25, -0.2) is 4.79 Å². The van der Waals surface area contributed by atoms with Gasteiger partial charge in [-0.15, -0.1) is 11.3 Å². The third-order valence-corrected chi connectivity index (χ3v) is 4.39. The molecule has 0 saturated carbocycles. The van der Waals surface area contributed by atoms with Crippen LogP contribution in [0.3, 0.4) is 0 Å². The summed E-state index contributed by atoms with van der Waals surface area (Å²) in [7, 11) is 1.41. The molecule has 1 aromatic rings. The maximum absolute atomic E-state index is 11.2. The highest BCUT2D eigenvalue weighted by Crippen LogP contribution is 2.28. The summed E-state index contributed by atoms with van der Waals surface area (Å²) in [5.41, 5.74) is 2.22. The molecule has 2 nitrogen and oxygen atoms in total. The molecule has 0 amide bonds. The summed E-state index contributed by atoms with van der Waals surface area (Å²) in [6.07, 6.45) is 0. The van der Waals surface area contributed by atoms with Crippen LogP contribution in [-0.4, -0.2) is 13.1 Å². The van der Waals surface area contributed by atoms with E-state index in [0.29, 0.717) is 0 Å². The molecule has 1 heterocycles. The number of thiophene rings is 1. The minimum atomic E-state index is -0.233. The van der Waals surface area contributed by atoms with E-state index in [4.69, 9.17) is 0 Å². The SMILES string of the molecule is COC(=O)c1sc(I)c(C)c1C. The summed E-state index contributed by atoms with van der Waals surface area (Å²) < 4.78 is 5.81. The molecule has 4 heteroatoms. The second kappa shape index (κ2) is 3.74. The Kier molecular flexibility index (Phi) is 3.11. The first-order valence-corrected chi connectivity index (χ1v) is 5.31. The summed E-state index contributed by atoms with van der Waals surface area (Å²) in [6, 6.07) is 0. The zero-order valence-corrected chi connectivity index (χ0v) is 10.1. The summed E-state index contributed by atoms with van der Waals surface area (Å²) in [6.45, 7) is 3.96. The number of carbonyl (C=O) groups is 1.